The van der Waals surface area contributed by atoms with E-state index in [-0.39, 0.29) is 18.7 Å². The quantitative estimate of drug-likeness (QED) is 0.726. The van der Waals surface area contributed by atoms with Crippen molar-refractivity contribution in [3.8, 4) is 0 Å². The molecule has 5 rings (SSSR count). The van der Waals surface area contributed by atoms with Crippen LogP contribution in [0.5, 0.6) is 0 Å². The molecule has 2 aromatic rings. The summed E-state index contributed by atoms with van der Waals surface area (Å²) in [5, 5.41) is 6.59. The Kier molecular flexibility index (Phi) is 5.27. The number of carbonyl (C=O) groups excluding carboxylic acids is 4. The van der Waals surface area contributed by atoms with Crippen LogP contribution in [0.4, 0.5) is 0 Å². The minimum atomic E-state index is -0.935. The Morgan fingerprint density at radius 1 is 1.03 bits per heavy atom. The lowest BCUT2D eigenvalue weighted by Crippen LogP contribution is -2.54. The summed E-state index contributed by atoms with van der Waals surface area (Å²) >= 11 is 1.73. The summed E-state index contributed by atoms with van der Waals surface area (Å²) in [6.45, 7) is 4.57. The van der Waals surface area contributed by atoms with Gasteiger partial charge in [-0.25, -0.2) is 0 Å². The van der Waals surface area contributed by atoms with Crippen LogP contribution in [-0.4, -0.2) is 52.6 Å². The normalized spacial score (nSPS) is 21.6. The molecule has 8 heteroatoms. The number of nitrogens with zero attached hydrogens (tertiary/aromatic N) is 2. The van der Waals surface area contributed by atoms with Gasteiger partial charge in [-0.15, -0.1) is 0 Å². The maximum atomic E-state index is 13.0. The van der Waals surface area contributed by atoms with E-state index >= 15 is 0 Å². The van der Waals surface area contributed by atoms with Gasteiger partial charge < -0.3 is 0 Å². The van der Waals surface area contributed by atoms with E-state index < -0.39 is 23.8 Å². The van der Waals surface area contributed by atoms with Gasteiger partial charge in [0.2, 0.25) is 11.8 Å². The number of carbonyl (C=O) groups is 4. The Bertz CT molecular complexity index is 1180. The van der Waals surface area contributed by atoms with Gasteiger partial charge in [-0.3, -0.25) is 34.3 Å². The number of fused-ring (bicyclic) bond motifs is 1. The van der Waals surface area contributed by atoms with Crippen LogP contribution in [0, 0.1) is 6.92 Å². The fraction of sp³-hybridized carbons (Fsp3) is 0.333. The third kappa shape index (κ3) is 3.59. The van der Waals surface area contributed by atoms with Crippen LogP contribution in [0.3, 0.4) is 0 Å². The van der Waals surface area contributed by atoms with E-state index in [9.17, 15) is 19.2 Å². The Morgan fingerprint density at radius 2 is 1.84 bits per heavy atom. The molecule has 4 amide bonds. The van der Waals surface area contributed by atoms with Crippen molar-refractivity contribution in [2.75, 3.05) is 13.1 Å². The zero-order valence-corrected chi connectivity index (χ0v) is 18.5. The Balaban J connectivity index is 1.30. The molecule has 1 unspecified atom stereocenters. The van der Waals surface area contributed by atoms with Crippen LogP contribution in [0.25, 0.3) is 5.57 Å². The van der Waals surface area contributed by atoms with E-state index in [0.717, 1.165) is 30.0 Å². The third-order valence-corrected chi connectivity index (χ3v) is 7.27. The molecule has 1 fully saturated rings. The molecule has 0 radical (unpaired) electrons. The molecule has 3 aliphatic rings. The number of benzene rings is 1. The third-order valence-electron chi connectivity index (χ3n) is 6.41. The van der Waals surface area contributed by atoms with Gasteiger partial charge in [-0.05, 0) is 64.9 Å². The molecule has 1 aromatic carbocycles. The number of hydrogen-bond donors (Lipinski definition) is 1. The van der Waals surface area contributed by atoms with Crippen molar-refractivity contribution in [1.29, 1.82) is 0 Å². The standard InChI is InChI=1S/C24H23N3O4S/c1-14-12-32-13-19(14)16-6-8-26(9-7-16)11-15-2-3-17-18(10-15)24(31)27(23(17)30)20-4-5-21(28)25-22(20)29/h2-3,6,10,12-13,20H,4-5,7-9,11H2,1H3,(H,25,28,29). The van der Waals surface area contributed by atoms with Crippen LogP contribution < -0.4 is 5.32 Å². The van der Waals surface area contributed by atoms with E-state index in [0.29, 0.717) is 17.7 Å². The number of aryl methyl sites for hydroxylation is 1. The Morgan fingerprint density at radius 3 is 2.53 bits per heavy atom. The molecule has 164 valence electrons. The van der Waals surface area contributed by atoms with Gasteiger partial charge >= 0.3 is 0 Å². The maximum Gasteiger partial charge on any atom is 0.262 e. The second kappa shape index (κ2) is 8.11. The summed E-state index contributed by atoms with van der Waals surface area (Å²) in [4.78, 5) is 52.8. The number of thiophene rings is 1. The fourth-order valence-corrected chi connectivity index (χ4v) is 5.54. The van der Waals surface area contributed by atoms with Crippen molar-refractivity contribution in [2.24, 2.45) is 0 Å². The van der Waals surface area contributed by atoms with Gasteiger partial charge in [0.15, 0.2) is 0 Å². The van der Waals surface area contributed by atoms with Crippen molar-refractivity contribution in [3.05, 3.63) is 62.9 Å². The van der Waals surface area contributed by atoms with Gasteiger partial charge in [0.25, 0.3) is 11.8 Å². The molecule has 0 aliphatic carbocycles. The first-order chi connectivity index (χ1) is 15.4. The molecule has 1 saturated heterocycles. The second-order valence-corrected chi connectivity index (χ2v) is 9.25. The largest absolute Gasteiger partial charge is 0.295 e. The topological polar surface area (TPSA) is 86.8 Å². The average molecular weight is 450 g/mol. The summed E-state index contributed by atoms with van der Waals surface area (Å²) in [6.07, 6.45) is 3.52. The fourth-order valence-electron chi connectivity index (χ4n) is 4.66. The van der Waals surface area contributed by atoms with Crippen LogP contribution >= 0.6 is 11.3 Å². The molecular formula is C24H23N3O4S. The van der Waals surface area contributed by atoms with E-state index in [1.54, 1.807) is 23.5 Å². The summed E-state index contributed by atoms with van der Waals surface area (Å²) in [7, 11) is 0. The highest BCUT2D eigenvalue weighted by Crippen LogP contribution is 2.30. The molecule has 1 N–H and O–H groups in total. The lowest BCUT2D eigenvalue weighted by Gasteiger charge is -2.27. The van der Waals surface area contributed by atoms with E-state index in [1.807, 2.05) is 6.07 Å². The van der Waals surface area contributed by atoms with Crippen molar-refractivity contribution in [1.82, 2.24) is 15.1 Å². The van der Waals surface area contributed by atoms with E-state index in [4.69, 9.17) is 0 Å². The van der Waals surface area contributed by atoms with Crippen molar-refractivity contribution in [2.45, 2.75) is 38.8 Å². The molecule has 32 heavy (non-hydrogen) atoms. The predicted octanol–water partition coefficient (Wildman–Crippen LogP) is 2.75. The number of nitrogens with one attached hydrogen (secondary N) is 1. The Hall–Kier alpha value is -3.10. The first-order valence-electron chi connectivity index (χ1n) is 10.7. The van der Waals surface area contributed by atoms with Gasteiger partial charge in [0.05, 0.1) is 11.1 Å². The van der Waals surface area contributed by atoms with Crippen LogP contribution in [-0.2, 0) is 16.1 Å². The van der Waals surface area contributed by atoms with Gasteiger partial charge in [0.1, 0.15) is 6.04 Å². The molecule has 0 spiro atoms. The Labute approximate surface area is 189 Å². The van der Waals surface area contributed by atoms with Gasteiger partial charge in [-0.2, -0.15) is 11.3 Å². The lowest BCUT2D eigenvalue weighted by atomic mass is 9.98. The molecule has 1 atom stereocenters. The summed E-state index contributed by atoms with van der Waals surface area (Å²) < 4.78 is 0. The highest BCUT2D eigenvalue weighted by molar-refractivity contribution is 7.08. The second-order valence-electron chi connectivity index (χ2n) is 8.51. The maximum absolute atomic E-state index is 13.0. The number of hydrogen-bond acceptors (Lipinski definition) is 6. The van der Waals surface area contributed by atoms with Crippen LogP contribution in [0.15, 0.2) is 35.0 Å². The predicted molar refractivity (Wildman–Crippen MR) is 120 cm³/mol. The first-order valence-corrected chi connectivity index (χ1v) is 11.7. The molecule has 0 bridgehead atoms. The summed E-state index contributed by atoms with van der Waals surface area (Å²) in [6, 6.07) is 4.38. The number of piperidine rings is 1. The molecule has 1 aromatic heterocycles. The SMILES string of the molecule is Cc1cscc1C1=CCN(Cc2ccc3c(c2)C(=O)N(C2CCC(=O)NC2=O)C3=O)CC1. The lowest BCUT2D eigenvalue weighted by molar-refractivity contribution is -0.136. The van der Waals surface area contributed by atoms with Crippen molar-refractivity contribution >= 4 is 40.5 Å². The summed E-state index contributed by atoms with van der Waals surface area (Å²) in [5.41, 5.74) is 5.65. The average Bonchev–Trinajstić information content (AvgIpc) is 3.30. The molecule has 4 heterocycles. The zero-order valence-electron chi connectivity index (χ0n) is 17.7. The van der Waals surface area contributed by atoms with Crippen LogP contribution in [0.1, 0.15) is 56.7 Å². The highest BCUT2D eigenvalue weighted by Gasteiger charge is 2.44. The molecular weight excluding hydrogens is 426 g/mol. The minimum Gasteiger partial charge on any atom is -0.295 e. The molecule has 7 nitrogen and oxygen atoms in total. The minimum absolute atomic E-state index is 0.116. The summed E-state index contributed by atoms with van der Waals surface area (Å²) in [5.74, 6) is -1.90. The van der Waals surface area contributed by atoms with Crippen molar-refractivity contribution in [3.63, 3.8) is 0 Å². The van der Waals surface area contributed by atoms with Crippen LogP contribution in [0.2, 0.25) is 0 Å². The molecule has 3 aliphatic heterocycles. The zero-order chi connectivity index (χ0) is 22.4. The highest BCUT2D eigenvalue weighted by atomic mass is 32.1. The first kappa shape index (κ1) is 20.8. The monoisotopic (exact) mass is 449 g/mol. The smallest absolute Gasteiger partial charge is 0.262 e. The van der Waals surface area contributed by atoms with Crippen molar-refractivity contribution < 1.29 is 19.2 Å². The van der Waals surface area contributed by atoms with Gasteiger partial charge in [-0.1, -0.05) is 12.1 Å². The van der Waals surface area contributed by atoms with E-state index in [1.165, 1.54) is 16.7 Å². The van der Waals surface area contributed by atoms with E-state index in [2.05, 4.69) is 34.0 Å². The number of rotatable bonds is 4. The molecule has 0 saturated carbocycles. The number of amides is 4. The number of imide groups is 2. The van der Waals surface area contributed by atoms with Gasteiger partial charge in [0, 0.05) is 26.1 Å².